The number of hydrogen-bond donors (Lipinski definition) is 0. The summed E-state index contributed by atoms with van der Waals surface area (Å²) in [6.07, 6.45) is 1.94. The Kier molecular flexibility index (Phi) is 6.11. The number of hydrogen-bond acceptors (Lipinski definition) is 4. The van der Waals surface area contributed by atoms with E-state index in [0.717, 1.165) is 0 Å². The fourth-order valence-corrected chi connectivity index (χ4v) is 1.61. The molecule has 1 aromatic rings. The Morgan fingerprint density at radius 2 is 2.25 bits per heavy atom. The number of carbonyl (C=O) groups excluding carboxylic acids is 1. The number of nitrogens with zero attached hydrogens (tertiary/aromatic N) is 2. The number of methoxy groups -OCH3 is 1. The summed E-state index contributed by atoms with van der Waals surface area (Å²) in [5.74, 6) is 0.892. The highest BCUT2D eigenvalue weighted by Crippen LogP contribution is 2.28. The van der Waals surface area contributed by atoms with Crippen molar-refractivity contribution < 1.29 is 14.3 Å². The average molecular weight is 274 g/mol. The number of amides is 1. The minimum atomic E-state index is -0.158. The Labute approximate surface area is 119 Å². The summed E-state index contributed by atoms with van der Waals surface area (Å²) in [6, 6.07) is 7.00. The van der Waals surface area contributed by atoms with Crippen molar-refractivity contribution in [2.75, 3.05) is 27.3 Å². The number of carbonyl (C=O) groups is 1. The van der Waals surface area contributed by atoms with Gasteiger partial charge in [-0.05, 0) is 18.2 Å². The second-order valence-electron chi connectivity index (χ2n) is 4.10. The van der Waals surface area contributed by atoms with Crippen LogP contribution in [0.4, 0.5) is 0 Å². The number of benzene rings is 1. The summed E-state index contributed by atoms with van der Waals surface area (Å²) in [7, 11) is 3.18. The molecule has 0 aliphatic carbocycles. The predicted octanol–water partition coefficient (Wildman–Crippen LogP) is 2.25. The molecular formula is C15H18N2O3. The maximum Gasteiger partial charge on any atom is 0.253 e. The Morgan fingerprint density at radius 1 is 1.50 bits per heavy atom. The zero-order chi connectivity index (χ0) is 15.0. The van der Waals surface area contributed by atoms with Gasteiger partial charge in [0.1, 0.15) is 6.61 Å². The van der Waals surface area contributed by atoms with Gasteiger partial charge in [0.05, 0.1) is 19.6 Å². The van der Waals surface area contributed by atoms with E-state index in [1.807, 2.05) is 6.07 Å². The van der Waals surface area contributed by atoms with Crippen molar-refractivity contribution in [2.45, 2.75) is 6.42 Å². The van der Waals surface area contributed by atoms with Gasteiger partial charge in [0.25, 0.3) is 5.91 Å². The standard InChI is InChI=1S/C15H18N2O3/c1-4-10-20-13-7-6-12(11-14(13)19-3)15(18)17(2)9-5-8-16/h4,6-7,11H,1,5,9-10H2,2-3H3. The lowest BCUT2D eigenvalue weighted by atomic mass is 10.1. The first-order valence-electron chi connectivity index (χ1n) is 6.18. The van der Waals surface area contributed by atoms with Crippen molar-refractivity contribution in [1.82, 2.24) is 4.90 Å². The van der Waals surface area contributed by atoms with Crippen LogP contribution in [0, 0.1) is 11.3 Å². The molecule has 0 fully saturated rings. The van der Waals surface area contributed by atoms with Crippen molar-refractivity contribution in [3.63, 3.8) is 0 Å². The number of nitriles is 1. The molecule has 0 aliphatic heterocycles. The zero-order valence-electron chi connectivity index (χ0n) is 11.8. The fourth-order valence-electron chi connectivity index (χ4n) is 1.61. The van der Waals surface area contributed by atoms with E-state index in [4.69, 9.17) is 14.7 Å². The highest BCUT2D eigenvalue weighted by atomic mass is 16.5. The molecular weight excluding hydrogens is 256 g/mol. The van der Waals surface area contributed by atoms with E-state index in [1.165, 1.54) is 12.0 Å². The van der Waals surface area contributed by atoms with Crippen molar-refractivity contribution >= 4 is 5.91 Å². The first-order valence-corrected chi connectivity index (χ1v) is 6.18. The van der Waals surface area contributed by atoms with E-state index in [0.29, 0.717) is 36.6 Å². The molecule has 0 unspecified atom stereocenters. The highest BCUT2D eigenvalue weighted by Gasteiger charge is 2.14. The first-order chi connectivity index (χ1) is 9.63. The van der Waals surface area contributed by atoms with E-state index in [1.54, 1.807) is 31.3 Å². The van der Waals surface area contributed by atoms with Crippen LogP contribution >= 0.6 is 0 Å². The molecule has 0 N–H and O–H groups in total. The molecule has 0 aromatic heterocycles. The summed E-state index contributed by atoms with van der Waals surface area (Å²) in [5.41, 5.74) is 0.494. The Bertz CT molecular complexity index is 520. The van der Waals surface area contributed by atoms with Gasteiger partial charge in [-0.2, -0.15) is 5.26 Å². The summed E-state index contributed by atoms with van der Waals surface area (Å²) >= 11 is 0. The molecule has 0 saturated carbocycles. The third-order valence-electron chi connectivity index (χ3n) is 2.67. The summed E-state index contributed by atoms with van der Waals surface area (Å²) in [4.78, 5) is 13.7. The minimum Gasteiger partial charge on any atom is -0.493 e. The van der Waals surface area contributed by atoms with E-state index >= 15 is 0 Å². The van der Waals surface area contributed by atoms with Crippen LogP contribution in [-0.2, 0) is 0 Å². The quantitative estimate of drug-likeness (QED) is 0.715. The van der Waals surface area contributed by atoms with Gasteiger partial charge < -0.3 is 14.4 Å². The monoisotopic (exact) mass is 274 g/mol. The molecule has 0 spiro atoms. The smallest absolute Gasteiger partial charge is 0.253 e. The maximum absolute atomic E-state index is 12.1. The highest BCUT2D eigenvalue weighted by molar-refractivity contribution is 5.94. The normalized spacial score (nSPS) is 9.45. The lowest BCUT2D eigenvalue weighted by Crippen LogP contribution is -2.27. The van der Waals surface area contributed by atoms with E-state index in [-0.39, 0.29) is 5.91 Å². The molecule has 0 radical (unpaired) electrons. The lowest BCUT2D eigenvalue weighted by Gasteiger charge is -2.17. The molecule has 5 nitrogen and oxygen atoms in total. The van der Waals surface area contributed by atoms with Gasteiger partial charge in [0.15, 0.2) is 11.5 Å². The van der Waals surface area contributed by atoms with Gasteiger partial charge in [-0.15, -0.1) is 0 Å². The Morgan fingerprint density at radius 3 is 2.85 bits per heavy atom. The average Bonchev–Trinajstić information content (AvgIpc) is 2.49. The lowest BCUT2D eigenvalue weighted by molar-refractivity contribution is 0.0797. The van der Waals surface area contributed by atoms with Crippen LogP contribution in [-0.4, -0.2) is 38.1 Å². The topological polar surface area (TPSA) is 62.6 Å². The maximum atomic E-state index is 12.1. The third-order valence-corrected chi connectivity index (χ3v) is 2.67. The molecule has 20 heavy (non-hydrogen) atoms. The van der Waals surface area contributed by atoms with Crippen molar-refractivity contribution in [3.05, 3.63) is 36.4 Å². The van der Waals surface area contributed by atoms with E-state index < -0.39 is 0 Å². The Balaban J connectivity index is 2.89. The van der Waals surface area contributed by atoms with Crippen molar-refractivity contribution in [3.8, 4) is 17.6 Å². The van der Waals surface area contributed by atoms with E-state index in [9.17, 15) is 4.79 Å². The molecule has 5 heteroatoms. The van der Waals surface area contributed by atoms with Gasteiger partial charge in [0, 0.05) is 19.2 Å². The second-order valence-corrected chi connectivity index (χ2v) is 4.10. The third kappa shape index (κ3) is 4.02. The molecule has 0 saturated heterocycles. The largest absolute Gasteiger partial charge is 0.493 e. The van der Waals surface area contributed by atoms with Crippen LogP contribution in [0.3, 0.4) is 0 Å². The van der Waals surface area contributed by atoms with Crippen LogP contribution in [0.5, 0.6) is 11.5 Å². The SMILES string of the molecule is C=CCOc1ccc(C(=O)N(C)CCC#N)cc1OC. The van der Waals surface area contributed by atoms with Crippen LogP contribution in [0.15, 0.2) is 30.9 Å². The molecule has 0 atom stereocenters. The molecule has 1 amide bonds. The molecule has 106 valence electrons. The number of rotatable bonds is 7. The minimum absolute atomic E-state index is 0.158. The van der Waals surface area contributed by atoms with Crippen molar-refractivity contribution in [2.24, 2.45) is 0 Å². The summed E-state index contributed by atoms with van der Waals surface area (Å²) in [5, 5.41) is 8.54. The first kappa shape index (κ1) is 15.6. The van der Waals surface area contributed by atoms with Gasteiger partial charge in [-0.3, -0.25) is 4.79 Å². The molecule has 0 bridgehead atoms. The number of ether oxygens (including phenoxy) is 2. The molecule has 0 heterocycles. The fraction of sp³-hybridized carbons (Fsp3) is 0.333. The van der Waals surface area contributed by atoms with Crippen LogP contribution in [0.1, 0.15) is 16.8 Å². The molecule has 1 aromatic carbocycles. The Hall–Kier alpha value is -2.48. The predicted molar refractivity (Wildman–Crippen MR) is 75.9 cm³/mol. The summed E-state index contributed by atoms with van der Waals surface area (Å²) < 4.78 is 10.6. The van der Waals surface area contributed by atoms with Gasteiger partial charge >= 0.3 is 0 Å². The zero-order valence-corrected chi connectivity index (χ0v) is 11.8. The van der Waals surface area contributed by atoms with Crippen LogP contribution in [0.2, 0.25) is 0 Å². The second kappa shape index (κ2) is 7.85. The molecule has 0 aliphatic rings. The van der Waals surface area contributed by atoms with Gasteiger partial charge in [0.2, 0.25) is 0 Å². The van der Waals surface area contributed by atoms with Crippen molar-refractivity contribution in [1.29, 1.82) is 5.26 Å². The van der Waals surface area contributed by atoms with Gasteiger partial charge in [-0.1, -0.05) is 12.7 Å². The van der Waals surface area contributed by atoms with E-state index in [2.05, 4.69) is 6.58 Å². The van der Waals surface area contributed by atoms with Crippen LogP contribution < -0.4 is 9.47 Å². The van der Waals surface area contributed by atoms with Crippen LogP contribution in [0.25, 0.3) is 0 Å². The summed E-state index contributed by atoms with van der Waals surface area (Å²) in [6.45, 7) is 4.34. The molecule has 1 rings (SSSR count). The van der Waals surface area contributed by atoms with Gasteiger partial charge in [-0.25, -0.2) is 0 Å².